The average Bonchev–Trinajstić information content (AvgIpc) is 2.76. The maximum absolute atomic E-state index is 5.51. The summed E-state index contributed by atoms with van der Waals surface area (Å²) >= 11 is 1.75. The van der Waals surface area contributed by atoms with Crippen molar-refractivity contribution in [1.82, 2.24) is 5.32 Å². The molecule has 0 radical (unpaired) electrons. The minimum absolute atomic E-state index is 0.0856. The van der Waals surface area contributed by atoms with E-state index in [1.165, 1.54) is 23.3 Å². The van der Waals surface area contributed by atoms with Crippen LogP contribution in [0.25, 0.3) is 0 Å². The number of thioether (sulfide) groups is 1. The fraction of sp³-hybridized carbons (Fsp3) is 0.538. The lowest BCUT2D eigenvalue weighted by atomic mass is 9.90. The molecule has 0 aromatic heterocycles. The molecule has 0 aliphatic carbocycles. The Morgan fingerprint density at radius 3 is 2.81 bits per heavy atom. The van der Waals surface area contributed by atoms with E-state index in [1.807, 2.05) is 0 Å². The first-order valence-electron chi connectivity index (χ1n) is 5.67. The molecule has 1 aromatic rings. The summed E-state index contributed by atoms with van der Waals surface area (Å²) in [6.07, 6.45) is 4.51. The quantitative estimate of drug-likeness (QED) is 0.817. The zero-order valence-electron chi connectivity index (χ0n) is 10.2. The van der Waals surface area contributed by atoms with Gasteiger partial charge in [-0.15, -0.1) is 11.8 Å². The summed E-state index contributed by atoms with van der Waals surface area (Å²) in [7, 11) is 1.75. The average molecular weight is 237 g/mol. The van der Waals surface area contributed by atoms with Crippen LogP contribution in [0.3, 0.4) is 0 Å². The molecule has 1 N–H and O–H groups in total. The van der Waals surface area contributed by atoms with Gasteiger partial charge in [0.1, 0.15) is 5.75 Å². The number of rotatable bonds is 3. The van der Waals surface area contributed by atoms with Crippen LogP contribution in [0, 0.1) is 0 Å². The molecule has 2 rings (SSSR count). The third-order valence-corrected chi connectivity index (χ3v) is 4.10. The van der Waals surface area contributed by atoms with Crippen LogP contribution in [-0.2, 0) is 5.54 Å². The molecule has 1 aromatic carbocycles. The van der Waals surface area contributed by atoms with Crippen molar-refractivity contribution >= 4 is 11.8 Å². The number of nitrogens with one attached hydrogen (secondary N) is 1. The first kappa shape index (κ1) is 11.8. The summed E-state index contributed by atoms with van der Waals surface area (Å²) in [5.41, 5.74) is 1.37. The van der Waals surface area contributed by atoms with Crippen LogP contribution < -0.4 is 10.1 Å². The van der Waals surface area contributed by atoms with Gasteiger partial charge in [0.15, 0.2) is 0 Å². The molecule has 1 unspecified atom stereocenters. The highest BCUT2D eigenvalue weighted by atomic mass is 32.2. The summed E-state index contributed by atoms with van der Waals surface area (Å²) in [4.78, 5) is 1.25. The van der Waals surface area contributed by atoms with E-state index in [4.69, 9.17) is 4.74 Å². The number of ether oxygens (including phenoxy) is 1. The van der Waals surface area contributed by atoms with E-state index in [2.05, 4.69) is 36.7 Å². The highest BCUT2D eigenvalue weighted by molar-refractivity contribution is 7.98. The van der Waals surface area contributed by atoms with Crippen molar-refractivity contribution in [2.24, 2.45) is 0 Å². The van der Waals surface area contributed by atoms with E-state index in [-0.39, 0.29) is 5.54 Å². The van der Waals surface area contributed by atoms with E-state index in [0.29, 0.717) is 0 Å². The molecule has 1 heterocycles. The normalized spacial score (nSPS) is 24.7. The summed E-state index contributed by atoms with van der Waals surface area (Å²) in [6.45, 7) is 3.36. The minimum atomic E-state index is 0.0856. The van der Waals surface area contributed by atoms with Crippen LogP contribution in [0.1, 0.15) is 25.3 Å². The Balaban J connectivity index is 2.39. The molecule has 1 aliphatic heterocycles. The van der Waals surface area contributed by atoms with Crippen LogP contribution in [-0.4, -0.2) is 19.9 Å². The molecule has 1 fully saturated rings. The molecule has 2 nitrogen and oxygen atoms in total. The van der Waals surface area contributed by atoms with Gasteiger partial charge in [-0.25, -0.2) is 0 Å². The Bertz CT molecular complexity index is 372. The fourth-order valence-electron chi connectivity index (χ4n) is 2.38. The molecular weight excluding hydrogens is 218 g/mol. The molecular formula is C13H19NOS. The second-order valence-corrected chi connectivity index (χ2v) is 5.31. The topological polar surface area (TPSA) is 21.3 Å². The van der Waals surface area contributed by atoms with Gasteiger partial charge in [0.25, 0.3) is 0 Å². The third-order valence-electron chi connectivity index (χ3n) is 3.37. The standard InChI is InChI=1S/C13H19NOS/c1-13(7-4-8-14-13)11-6-5-10(16-3)9-12(11)15-2/h5-6,9,14H,4,7-8H2,1-3H3. The number of hydrogen-bond donors (Lipinski definition) is 1. The molecule has 1 atom stereocenters. The van der Waals surface area contributed by atoms with Gasteiger partial charge in [-0.2, -0.15) is 0 Å². The Kier molecular flexibility index (Phi) is 3.45. The first-order valence-corrected chi connectivity index (χ1v) is 6.89. The van der Waals surface area contributed by atoms with Crippen molar-refractivity contribution in [1.29, 1.82) is 0 Å². The summed E-state index contributed by atoms with van der Waals surface area (Å²) < 4.78 is 5.51. The molecule has 1 aliphatic rings. The molecule has 3 heteroatoms. The van der Waals surface area contributed by atoms with Crippen molar-refractivity contribution in [3.8, 4) is 5.75 Å². The van der Waals surface area contributed by atoms with Gasteiger partial charge >= 0.3 is 0 Å². The molecule has 88 valence electrons. The Morgan fingerprint density at radius 1 is 1.44 bits per heavy atom. The van der Waals surface area contributed by atoms with Crippen LogP contribution in [0.15, 0.2) is 23.1 Å². The molecule has 1 saturated heterocycles. The zero-order valence-corrected chi connectivity index (χ0v) is 11.0. The van der Waals surface area contributed by atoms with Gasteiger partial charge in [0.2, 0.25) is 0 Å². The SMILES string of the molecule is COc1cc(SC)ccc1C1(C)CCCN1. The van der Waals surface area contributed by atoms with E-state index in [1.54, 1.807) is 18.9 Å². The minimum Gasteiger partial charge on any atom is -0.496 e. The summed E-state index contributed by atoms with van der Waals surface area (Å²) in [5.74, 6) is 1.00. The Hall–Kier alpha value is -0.670. The maximum Gasteiger partial charge on any atom is 0.125 e. The van der Waals surface area contributed by atoms with Gasteiger partial charge in [-0.1, -0.05) is 6.07 Å². The van der Waals surface area contributed by atoms with Crippen molar-refractivity contribution in [3.63, 3.8) is 0 Å². The van der Waals surface area contributed by atoms with Gasteiger partial charge in [-0.05, 0) is 44.7 Å². The third kappa shape index (κ3) is 2.06. The van der Waals surface area contributed by atoms with Gasteiger partial charge < -0.3 is 10.1 Å². The highest BCUT2D eigenvalue weighted by Crippen LogP contribution is 2.37. The van der Waals surface area contributed by atoms with Crippen LogP contribution >= 0.6 is 11.8 Å². The molecule has 16 heavy (non-hydrogen) atoms. The smallest absolute Gasteiger partial charge is 0.125 e. The molecule has 0 saturated carbocycles. The number of benzene rings is 1. The van der Waals surface area contributed by atoms with Gasteiger partial charge in [0.05, 0.1) is 7.11 Å². The summed E-state index contributed by atoms with van der Waals surface area (Å²) in [5, 5.41) is 3.57. The van der Waals surface area contributed by atoms with Crippen molar-refractivity contribution in [3.05, 3.63) is 23.8 Å². The number of methoxy groups -OCH3 is 1. The van der Waals surface area contributed by atoms with Gasteiger partial charge in [0, 0.05) is 16.0 Å². The number of hydrogen-bond acceptors (Lipinski definition) is 3. The van der Waals surface area contributed by atoms with Crippen LogP contribution in [0.2, 0.25) is 0 Å². The lowest BCUT2D eigenvalue weighted by molar-refractivity contribution is 0.370. The van der Waals surface area contributed by atoms with E-state index >= 15 is 0 Å². The first-order chi connectivity index (χ1) is 7.69. The van der Waals surface area contributed by atoms with E-state index < -0.39 is 0 Å². The predicted molar refractivity (Wildman–Crippen MR) is 69.4 cm³/mol. The second kappa shape index (κ2) is 4.68. The summed E-state index contributed by atoms with van der Waals surface area (Å²) in [6, 6.07) is 6.50. The monoisotopic (exact) mass is 237 g/mol. The lowest BCUT2D eigenvalue weighted by Crippen LogP contribution is -2.33. The Morgan fingerprint density at radius 2 is 2.25 bits per heavy atom. The maximum atomic E-state index is 5.51. The predicted octanol–water partition coefficient (Wildman–Crippen LogP) is 3.02. The largest absolute Gasteiger partial charge is 0.496 e. The second-order valence-electron chi connectivity index (χ2n) is 4.43. The zero-order chi connectivity index (χ0) is 11.6. The molecule has 0 amide bonds. The van der Waals surface area contributed by atoms with Crippen LogP contribution in [0.4, 0.5) is 0 Å². The van der Waals surface area contributed by atoms with Crippen LogP contribution in [0.5, 0.6) is 5.75 Å². The highest BCUT2D eigenvalue weighted by Gasteiger charge is 2.32. The Labute approximate surface area is 102 Å². The van der Waals surface area contributed by atoms with E-state index in [0.717, 1.165) is 12.3 Å². The van der Waals surface area contributed by atoms with Crippen molar-refractivity contribution in [2.75, 3.05) is 19.9 Å². The fourth-order valence-corrected chi connectivity index (χ4v) is 2.81. The molecule has 0 bridgehead atoms. The van der Waals surface area contributed by atoms with Gasteiger partial charge in [-0.3, -0.25) is 0 Å². The van der Waals surface area contributed by atoms with Crippen molar-refractivity contribution < 1.29 is 4.74 Å². The van der Waals surface area contributed by atoms with Crippen molar-refractivity contribution in [2.45, 2.75) is 30.2 Å². The lowest BCUT2D eigenvalue weighted by Gasteiger charge is -2.27. The molecule has 0 spiro atoms. The van der Waals surface area contributed by atoms with E-state index in [9.17, 15) is 0 Å².